The van der Waals surface area contributed by atoms with Crippen molar-refractivity contribution in [2.24, 2.45) is 0 Å². The summed E-state index contributed by atoms with van der Waals surface area (Å²) < 4.78 is 0. The molecule has 0 aliphatic heterocycles. The average Bonchev–Trinajstić information content (AvgIpc) is 2.78. The zero-order chi connectivity index (χ0) is 14.9. The monoisotopic (exact) mass is 285 g/mol. The molecule has 0 saturated heterocycles. The minimum atomic E-state index is 0.136. The van der Waals surface area contributed by atoms with Crippen LogP contribution < -0.4 is 0 Å². The molecule has 0 aromatic heterocycles. The van der Waals surface area contributed by atoms with Gasteiger partial charge in [0.2, 0.25) is 0 Å². The minimum Gasteiger partial charge on any atom is -0.395 e. The molecule has 21 heavy (non-hydrogen) atoms. The van der Waals surface area contributed by atoms with E-state index in [1.54, 1.807) is 0 Å². The van der Waals surface area contributed by atoms with Crippen molar-refractivity contribution in [2.45, 2.75) is 57.5 Å². The van der Waals surface area contributed by atoms with E-state index < -0.39 is 0 Å². The van der Waals surface area contributed by atoms with Crippen LogP contribution in [0.4, 0.5) is 0 Å². The van der Waals surface area contributed by atoms with E-state index >= 15 is 0 Å². The molecule has 1 fully saturated rings. The highest BCUT2D eigenvalue weighted by Crippen LogP contribution is 2.22. The van der Waals surface area contributed by atoms with Gasteiger partial charge in [0.05, 0.1) is 6.61 Å². The van der Waals surface area contributed by atoms with E-state index in [-0.39, 0.29) is 6.61 Å². The molecule has 2 rings (SSSR count). The van der Waals surface area contributed by atoms with Gasteiger partial charge in [0.25, 0.3) is 0 Å². The van der Waals surface area contributed by atoms with Gasteiger partial charge in [-0.1, -0.05) is 55.7 Å². The highest BCUT2D eigenvalue weighted by Gasteiger charge is 2.17. The quantitative estimate of drug-likeness (QED) is 0.675. The summed E-state index contributed by atoms with van der Waals surface area (Å²) in [5, 5.41) is 8.85. The van der Waals surface area contributed by atoms with Crippen LogP contribution in [-0.4, -0.2) is 29.7 Å². The van der Waals surface area contributed by atoms with Crippen LogP contribution in [0.15, 0.2) is 24.3 Å². The fourth-order valence-electron chi connectivity index (χ4n) is 3.09. The van der Waals surface area contributed by atoms with E-state index in [1.165, 1.54) is 44.1 Å². The molecule has 2 nitrogen and oxygen atoms in total. The van der Waals surface area contributed by atoms with Crippen LogP contribution in [0.2, 0.25) is 0 Å². The summed E-state index contributed by atoms with van der Waals surface area (Å²) in [6, 6.07) is 9.11. The number of hydrogen-bond acceptors (Lipinski definition) is 2. The second-order valence-corrected chi connectivity index (χ2v) is 5.99. The first-order valence-corrected chi connectivity index (χ1v) is 8.19. The van der Waals surface area contributed by atoms with E-state index in [2.05, 4.69) is 42.0 Å². The summed E-state index contributed by atoms with van der Waals surface area (Å²) in [6.07, 6.45) is 8.73. The van der Waals surface area contributed by atoms with Crippen molar-refractivity contribution < 1.29 is 5.11 Å². The summed E-state index contributed by atoms with van der Waals surface area (Å²) >= 11 is 0. The van der Waals surface area contributed by atoms with Gasteiger partial charge >= 0.3 is 0 Å². The van der Waals surface area contributed by atoms with Crippen molar-refractivity contribution in [3.05, 3.63) is 35.4 Å². The number of hydrogen-bond donors (Lipinski definition) is 1. The van der Waals surface area contributed by atoms with Gasteiger partial charge < -0.3 is 5.11 Å². The Balaban J connectivity index is 2.03. The van der Waals surface area contributed by atoms with E-state index in [4.69, 9.17) is 5.11 Å². The molecule has 1 saturated carbocycles. The van der Waals surface area contributed by atoms with Crippen molar-refractivity contribution >= 4 is 0 Å². The summed E-state index contributed by atoms with van der Waals surface area (Å²) in [7, 11) is 2.24. The van der Waals surface area contributed by atoms with Gasteiger partial charge in [0, 0.05) is 24.6 Å². The summed E-state index contributed by atoms with van der Waals surface area (Å²) in [6.45, 7) is 1.10. The van der Waals surface area contributed by atoms with Crippen LogP contribution in [0.5, 0.6) is 0 Å². The van der Waals surface area contributed by atoms with Gasteiger partial charge in [0.15, 0.2) is 0 Å². The Labute approximate surface area is 129 Å². The van der Waals surface area contributed by atoms with Gasteiger partial charge in [-0.3, -0.25) is 4.90 Å². The molecule has 2 heteroatoms. The number of rotatable bonds is 4. The molecule has 0 amide bonds. The Kier molecular flexibility index (Phi) is 6.79. The lowest BCUT2D eigenvalue weighted by molar-refractivity contribution is 0.213. The van der Waals surface area contributed by atoms with Crippen LogP contribution in [0.3, 0.4) is 0 Å². The maximum atomic E-state index is 8.85. The van der Waals surface area contributed by atoms with Crippen molar-refractivity contribution in [3.8, 4) is 11.8 Å². The minimum absolute atomic E-state index is 0.136. The van der Waals surface area contributed by atoms with Gasteiger partial charge in [-0.2, -0.15) is 0 Å². The lowest BCUT2D eigenvalue weighted by Gasteiger charge is -2.27. The molecule has 0 spiro atoms. The highest BCUT2D eigenvalue weighted by molar-refractivity contribution is 5.41. The van der Waals surface area contributed by atoms with Crippen molar-refractivity contribution in [1.82, 2.24) is 4.90 Å². The molecule has 0 heterocycles. The van der Waals surface area contributed by atoms with Crippen LogP contribution in [-0.2, 0) is 6.54 Å². The predicted molar refractivity (Wildman–Crippen MR) is 88.0 cm³/mol. The maximum absolute atomic E-state index is 8.85. The van der Waals surface area contributed by atoms with Crippen LogP contribution >= 0.6 is 0 Å². The van der Waals surface area contributed by atoms with Gasteiger partial charge in [0.1, 0.15) is 0 Å². The number of benzene rings is 1. The Morgan fingerprint density at radius 3 is 2.57 bits per heavy atom. The van der Waals surface area contributed by atoms with Crippen molar-refractivity contribution in [2.75, 3.05) is 13.7 Å². The lowest BCUT2D eigenvalue weighted by atomic mass is 10.0. The summed E-state index contributed by atoms with van der Waals surface area (Å²) in [4.78, 5) is 2.50. The Bertz CT molecular complexity index is 478. The summed E-state index contributed by atoms with van der Waals surface area (Å²) in [5.74, 6) is 6.23. The standard InChI is InChI=1S/C19H27NO/c1-20(19-13-4-2-3-5-14-19)16-18-12-7-6-10-17(18)11-8-9-15-21/h6-7,10,12,19,21H,2-5,9,13-16H2,1H3. The molecule has 1 N–H and O–H groups in total. The van der Waals surface area contributed by atoms with E-state index in [9.17, 15) is 0 Å². The van der Waals surface area contributed by atoms with Gasteiger partial charge in [-0.05, 0) is 31.5 Å². The number of aliphatic hydroxyl groups excluding tert-OH is 1. The topological polar surface area (TPSA) is 23.5 Å². The molecule has 1 aromatic carbocycles. The van der Waals surface area contributed by atoms with Gasteiger partial charge in [-0.25, -0.2) is 0 Å². The smallest absolute Gasteiger partial charge is 0.0540 e. The van der Waals surface area contributed by atoms with Crippen LogP contribution in [0.25, 0.3) is 0 Å². The summed E-state index contributed by atoms with van der Waals surface area (Å²) in [5.41, 5.74) is 2.40. The molecule has 0 radical (unpaired) electrons. The molecular formula is C19H27NO. The second-order valence-electron chi connectivity index (χ2n) is 5.99. The third kappa shape index (κ3) is 5.19. The van der Waals surface area contributed by atoms with E-state index in [0.717, 1.165) is 12.1 Å². The first-order valence-electron chi connectivity index (χ1n) is 8.19. The van der Waals surface area contributed by atoms with Crippen LogP contribution in [0.1, 0.15) is 56.1 Å². The first-order chi connectivity index (χ1) is 10.3. The number of aliphatic hydroxyl groups is 1. The van der Waals surface area contributed by atoms with Crippen molar-refractivity contribution in [1.29, 1.82) is 0 Å². The SMILES string of the molecule is CN(Cc1ccccc1C#CCCO)C1CCCCCC1. The zero-order valence-corrected chi connectivity index (χ0v) is 13.1. The largest absolute Gasteiger partial charge is 0.395 e. The molecule has 1 aliphatic carbocycles. The number of nitrogens with zero attached hydrogens (tertiary/aromatic N) is 1. The van der Waals surface area contributed by atoms with Crippen LogP contribution in [0, 0.1) is 11.8 Å². The predicted octanol–water partition coefficient (Wildman–Crippen LogP) is 3.58. The van der Waals surface area contributed by atoms with E-state index in [1.807, 2.05) is 6.07 Å². The third-order valence-corrected chi connectivity index (χ3v) is 4.35. The molecule has 1 aliphatic rings. The molecule has 0 unspecified atom stereocenters. The molecule has 1 aromatic rings. The second kappa shape index (κ2) is 8.87. The Morgan fingerprint density at radius 1 is 1.14 bits per heavy atom. The lowest BCUT2D eigenvalue weighted by Crippen LogP contribution is -2.30. The van der Waals surface area contributed by atoms with Crippen molar-refractivity contribution in [3.63, 3.8) is 0 Å². The van der Waals surface area contributed by atoms with Gasteiger partial charge in [-0.15, -0.1) is 0 Å². The third-order valence-electron chi connectivity index (χ3n) is 4.35. The Hall–Kier alpha value is -1.30. The average molecular weight is 285 g/mol. The highest BCUT2D eigenvalue weighted by atomic mass is 16.2. The fraction of sp³-hybridized carbons (Fsp3) is 0.579. The van der Waals surface area contributed by atoms with E-state index in [0.29, 0.717) is 12.5 Å². The first kappa shape index (κ1) is 16.1. The zero-order valence-electron chi connectivity index (χ0n) is 13.1. The Morgan fingerprint density at radius 2 is 1.86 bits per heavy atom. The maximum Gasteiger partial charge on any atom is 0.0540 e. The molecular weight excluding hydrogens is 258 g/mol. The fourth-order valence-corrected chi connectivity index (χ4v) is 3.09. The normalized spacial score (nSPS) is 16.3. The molecule has 0 atom stereocenters. The molecule has 0 bridgehead atoms. The molecule has 114 valence electrons.